The van der Waals surface area contributed by atoms with Crippen LogP contribution >= 0.6 is 11.3 Å². The molecular formula is C44H43N3O10S. The molecule has 0 bridgehead atoms. The molecule has 0 spiro atoms. The van der Waals surface area contributed by atoms with Crippen LogP contribution < -0.4 is 19.6 Å². The molecule has 58 heavy (non-hydrogen) atoms. The van der Waals surface area contributed by atoms with Gasteiger partial charge >= 0.3 is 23.9 Å². The van der Waals surface area contributed by atoms with E-state index in [1.54, 1.807) is 66.9 Å². The Balaban J connectivity index is 1.15. The van der Waals surface area contributed by atoms with Gasteiger partial charge in [-0.05, 0) is 104 Å². The molecule has 0 aliphatic rings. The molecule has 0 saturated carbocycles. The van der Waals surface area contributed by atoms with Crippen LogP contribution in [0.5, 0.6) is 17.2 Å². The van der Waals surface area contributed by atoms with Crippen LogP contribution in [0.4, 0.5) is 5.13 Å². The number of hydrogen-bond acceptors (Lipinski definition) is 14. The Morgan fingerprint density at radius 2 is 1.26 bits per heavy atom. The molecule has 0 atom stereocenters. The third-order valence-corrected chi connectivity index (χ3v) is 9.12. The second-order valence-electron chi connectivity index (χ2n) is 12.4. The number of hydrogen-bond donors (Lipinski definition) is 1. The summed E-state index contributed by atoms with van der Waals surface area (Å²) in [5, 5.41) is 4.97. The first kappa shape index (κ1) is 42.3. The number of para-hydroxylation sites is 1. The van der Waals surface area contributed by atoms with E-state index in [1.807, 2.05) is 30.3 Å². The third kappa shape index (κ3) is 13.7. The van der Waals surface area contributed by atoms with Crippen molar-refractivity contribution < 1.29 is 47.6 Å². The molecule has 13 nitrogen and oxygen atoms in total. The van der Waals surface area contributed by atoms with E-state index < -0.39 is 23.9 Å². The molecule has 0 unspecified atom stereocenters. The molecule has 5 rings (SSSR count). The zero-order chi connectivity index (χ0) is 41.0. The highest BCUT2D eigenvalue weighted by atomic mass is 32.1. The Kier molecular flexibility index (Phi) is 16.6. The lowest BCUT2D eigenvalue weighted by atomic mass is 10.1. The molecule has 14 heteroatoms. The van der Waals surface area contributed by atoms with Gasteiger partial charge in [-0.25, -0.2) is 24.2 Å². The Bertz CT molecular complexity index is 2170. The van der Waals surface area contributed by atoms with Gasteiger partial charge in [-0.1, -0.05) is 42.7 Å². The maximum Gasteiger partial charge on any atom is 0.343 e. The minimum absolute atomic E-state index is 0.102. The predicted octanol–water partition coefficient (Wildman–Crippen LogP) is 8.14. The van der Waals surface area contributed by atoms with Gasteiger partial charge in [0.2, 0.25) is 5.13 Å². The summed E-state index contributed by atoms with van der Waals surface area (Å²) >= 11 is 1.45. The topological polar surface area (TPSA) is 161 Å². The van der Waals surface area contributed by atoms with Crippen LogP contribution in [0.1, 0.15) is 57.5 Å². The van der Waals surface area contributed by atoms with E-state index in [-0.39, 0.29) is 19.0 Å². The summed E-state index contributed by atoms with van der Waals surface area (Å²) < 4.78 is 33.7. The summed E-state index contributed by atoms with van der Waals surface area (Å²) in [7, 11) is 0. The van der Waals surface area contributed by atoms with Gasteiger partial charge in [-0.15, -0.1) is 0 Å². The molecule has 0 saturated heterocycles. The lowest BCUT2D eigenvalue weighted by Gasteiger charge is -2.11. The molecule has 5 aromatic rings. The second-order valence-corrected chi connectivity index (χ2v) is 13.4. The molecule has 1 N–H and O–H groups in total. The first-order valence-electron chi connectivity index (χ1n) is 18.5. The normalized spacial score (nSPS) is 10.8. The largest absolute Gasteiger partial charge is 0.494 e. The SMILES string of the molecule is C=CC(=O)OCCCCOc1ccc(C(=O)OCCc2ccc(OC(=O)c3ccc(OCCCCOC(=O)C=C)cc3)c(/C=N/Nc3nc4ccccc4s3)c2)cc1. The maximum atomic E-state index is 13.2. The zero-order valence-corrected chi connectivity index (χ0v) is 32.6. The first-order chi connectivity index (χ1) is 28.3. The molecule has 1 heterocycles. The number of carbonyl (C=O) groups is 4. The standard InChI is InChI=1S/C44H43N3O10S/c1-3-40(48)54-26-9-7-24-52-35-18-14-32(15-19-35)42(50)56-28-23-31-13-22-38(34(29-31)30-45-47-44-46-37-11-5-6-12-39(37)58-44)57-43(51)33-16-20-36(21-17-33)53-25-8-10-27-55-41(49)4-2/h3-6,11-22,29-30H,1-2,7-10,23-28H2,(H,46,47)/b45-30+. The molecular weight excluding hydrogens is 763 g/mol. The average Bonchev–Trinajstić information content (AvgIpc) is 3.67. The van der Waals surface area contributed by atoms with Gasteiger partial charge in [0.15, 0.2) is 0 Å². The number of thiazole rings is 1. The highest BCUT2D eigenvalue weighted by Gasteiger charge is 2.14. The van der Waals surface area contributed by atoms with E-state index in [4.69, 9.17) is 28.4 Å². The number of fused-ring (bicyclic) bond motifs is 1. The molecule has 0 amide bonds. The number of rotatable bonds is 23. The molecule has 0 fully saturated rings. The van der Waals surface area contributed by atoms with Crippen LogP contribution in [0, 0.1) is 0 Å². The monoisotopic (exact) mass is 805 g/mol. The Morgan fingerprint density at radius 3 is 1.86 bits per heavy atom. The maximum absolute atomic E-state index is 13.2. The third-order valence-electron chi connectivity index (χ3n) is 8.18. The highest BCUT2D eigenvalue weighted by Crippen LogP contribution is 2.26. The summed E-state index contributed by atoms with van der Waals surface area (Å²) in [6.07, 6.45) is 6.84. The van der Waals surface area contributed by atoms with Gasteiger partial charge in [-0.3, -0.25) is 5.43 Å². The number of nitrogens with one attached hydrogen (secondary N) is 1. The molecule has 1 aromatic heterocycles. The number of aromatic nitrogens is 1. The smallest absolute Gasteiger partial charge is 0.343 e. The van der Waals surface area contributed by atoms with Gasteiger partial charge in [0.1, 0.15) is 17.2 Å². The number of hydrazone groups is 1. The minimum Gasteiger partial charge on any atom is -0.494 e. The van der Waals surface area contributed by atoms with E-state index in [2.05, 4.69) is 28.7 Å². The van der Waals surface area contributed by atoms with Crippen LogP contribution in [0.2, 0.25) is 0 Å². The second kappa shape index (κ2) is 22.7. The van der Waals surface area contributed by atoms with E-state index >= 15 is 0 Å². The van der Waals surface area contributed by atoms with Crippen molar-refractivity contribution in [3.63, 3.8) is 0 Å². The fourth-order valence-corrected chi connectivity index (χ4v) is 5.97. The van der Waals surface area contributed by atoms with E-state index in [0.717, 1.165) is 27.9 Å². The van der Waals surface area contributed by atoms with E-state index in [9.17, 15) is 19.2 Å². The van der Waals surface area contributed by atoms with Gasteiger partial charge in [0, 0.05) is 24.1 Å². The van der Waals surface area contributed by atoms with Crippen LogP contribution in [0.25, 0.3) is 10.2 Å². The molecule has 4 aromatic carbocycles. The van der Waals surface area contributed by atoms with Crippen LogP contribution in [-0.2, 0) is 30.2 Å². The first-order valence-corrected chi connectivity index (χ1v) is 19.3. The number of unbranched alkanes of at least 4 members (excludes halogenated alkanes) is 2. The van der Waals surface area contributed by atoms with Crippen molar-refractivity contribution in [1.82, 2.24) is 4.98 Å². The summed E-state index contributed by atoms with van der Waals surface area (Å²) in [5.41, 5.74) is 5.83. The lowest BCUT2D eigenvalue weighted by Crippen LogP contribution is -2.11. The quantitative estimate of drug-likeness (QED) is 0.0129. The Morgan fingerprint density at radius 1 is 0.672 bits per heavy atom. The fourth-order valence-electron chi connectivity index (χ4n) is 5.15. The number of esters is 4. The number of ether oxygens (including phenoxy) is 6. The van der Waals surface area contributed by atoms with Crippen molar-refractivity contribution in [2.45, 2.75) is 32.1 Å². The van der Waals surface area contributed by atoms with Crippen molar-refractivity contribution in [3.8, 4) is 17.2 Å². The van der Waals surface area contributed by atoms with Crippen molar-refractivity contribution in [1.29, 1.82) is 0 Å². The Labute approximate surface area is 339 Å². The summed E-state index contributed by atoms with van der Waals surface area (Å²) in [6, 6.07) is 26.3. The summed E-state index contributed by atoms with van der Waals surface area (Å²) in [5.74, 6) is -0.504. The highest BCUT2D eigenvalue weighted by molar-refractivity contribution is 7.22. The molecule has 300 valence electrons. The molecule has 0 radical (unpaired) electrons. The van der Waals surface area contributed by atoms with E-state index in [0.29, 0.717) is 85.2 Å². The zero-order valence-electron chi connectivity index (χ0n) is 31.8. The average molecular weight is 806 g/mol. The van der Waals surface area contributed by atoms with Gasteiger partial charge < -0.3 is 28.4 Å². The molecule has 0 aliphatic carbocycles. The fraction of sp³-hybridized carbons (Fsp3) is 0.227. The van der Waals surface area contributed by atoms with Gasteiger partial charge in [-0.2, -0.15) is 5.10 Å². The number of benzene rings is 4. The van der Waals surface area contributed by atoms with Crippen molar-refractivity contribution in [3.05, 3.63) is 139 Å². The van der Waals surface area contributed by atoms with Crippen LogP contribution in [0.3, 0.4) is 0 Å². The van der Waals surface area contributed by atoms with Gasteiger partial charge in [0.05, 0.1) is 60.6 Å². The van der Waals surface area contributed by atoms with E-state index in [1.165, 1.54) is 11.3 Å². The number of nitrogens with zero attached hydrogens (tertiary/aromatic N) is 2. The van der Waals surface area contributed by atoms with Crippen LogP contribution in [0.15, 0.2) is 121 Å². The predicted molar refractivity (Wildman–Crippen MR) is 221 cm³/mol. The molecule has 0 aliphatic heterocycles. The number of anilines is 1. The lowest BCUT2D eigenvalue weighted by molar-refractivity contribution is -0.138. The van der Waals surface area contributed by atoms with Crippen molar-refractivity contribution in [2.75, 3.05) is 38.5 Å². The summed E-state index contributed by atoms with van der Waals surface area (Å²) in [6.45, 7) is 8.25. The van der Waals surface area contributed by atoms with Crippen molar-refractivity contribution in [2.24, 2.45) is 5.10 Å². The minimum atomic E-state index is -0.575. The van der Waals surface area contributed by atoms with Gasteiger partial charge in [0.25, 0.3) is 0 Å². The Hall–Kier alpha value is -6.80. The summed E-state index contributed by atoms with van der Waals surface area (Å²) in [4.78, 5) is 52.8. The van der Waals surface area contributed by atoms with Crippen LogP contribution in [-0.4, -0.2) is 68.1 Å². The number of carbonyl (C=O) groups excluding carboxylic acids is 4. The van der Waals surface area contributed by atoms with Crippen molar-refractivity contribution >= 4 is 56.8 Å².